The summed E-state index contributed by atoms with van der Waals surface area (Å²) >= 11 is 6.24. The number of nitrogens with one attached hydrogen (secondary N) is 1. The number of carbonyl (C=O) groups is 1. The number of methoxy groups -OCH3 is 3. The maximum atomic E-state index is 12.5. The standard InChI is InChI=1S/C21H20ClN3O4/c1-12-5-6-13-8-15(20(22)24-16(13)7-12)11-23-25-21(26)14-9-17(27-2)19(29-4)18(10-14)28-3/h5-11H,1-4H3,(H,25,26)/b23-11+. The van der Waals surface area contributed by atoms with Crippen molar-refractivity contribution >= 4 is 34.6 Å². The van der Waals surface area contributed by atoms with Crippen LogP contribution in [0.2, 0.25) is 5.15 Å². The summed E-state index contributed by atoms with van der Waals surface area (Å²) in [5.41, 5.74) is 5.25. The summed E-state index contributed by atoms with van der Waals surface area (Å²) in [6.45, 7) is 1.99. The summed E-state index contributed by atoms with van der Waals surface area (Å²) in [5, 5.41) is 5.22. The van der Waals surface area contributed by atoms with Crippen molar-refractivity contribution in [2.45, 2.75) is 6.92 Å². The van der Waals surface area contributed by atoms with Crippen molar-refractivity contribution in [3.05, 3.63) is 58.2 Å². The lowest BCUT2D eigenvalue weighted by Crippen LogP contribution is -2.18. The second-order valence-corrected chi connectivity index (χ2v) is 6.54. The first-order chi connectivity index (χ1) is 14.0. The van der Waals surface area contributed by atoms with Gasteiger partial charge in [-0.15, -0.1) is 0 Å². The summed E-state index contributed by atoms with van der Waals surface area (Å²) in [6.07, 6.45) is 1.45. The summed E-state index contributed by atoms with van der Waals surface area (Å²) in [7, 11) is 4.45. The van der Waals surface area contributed by atoms with Crippen molar-refractivity contribution in [2.24, 2.45) is 5.10 Å². The SMILES string of the molecule is COc1cc(C(=O)N/N=C/c2cc3ccc(C)cc3nc2Cl)cc(OC)c1OC. The smallest absolute Gasteiger partial charge is 0.271 e. The molecule has 0 aliphatic carbocycles. The van der Waals surface area contributed by atoms with Crippen LogP contribution in [0.25, 0.3) is 10.9 Å². The number of aryl methyl sites for hydroxylation is 1. The molecule has 0 atom stereocenters. The summed E-state index contributed by atoms with van der Waals surface area (Å²) in [5.74, 6) is 0.705. The lowest BCUT2D eigenvalue weighted by molar-refractivity contribution is 0.0954. The number of nitrogens with zero attached hydrogens (tertiary/aromatic N) is 2. The lowest BCUT2D eigenvalue weighted by Gasteiger charge is -2.13. The maximum Gasteiger partial charge on any atom is 0.271 e. The van der Waals surface area contributed by atoms with Gasteiger partial charge in [-0.2, -0.15) is 5.10 Å². The van der Waals surface area contributed by atoms with Gasteiger partial charge in [0.1, 0.15) is 5.15 Å². The van der Waals surface area contributed by atoms with Crippen molar-refractivity contribution in [2.75, 3.05) is 21.3 Å². The molecule has 0 bridgehead atoms. The first kappa shape index (κ1) is 20.4. The number of benzene rings is 2. The Morgan fingerprint density at radius 3 is 2.38 bits per heavy atom. The number of carbonyl (C=O) groups excluding carboxylic acids is 1. The van der Waals surface area contributed by atoms with Crippen LogP contribution in [-0.4, -0.2) is 38.4 Å². The number of ether oxygens (including phenoxy) is 3. The number of hydrogen-bond donors (Lipinski definition) is 1. The fourth-order valence-corrected chi connectivity index (χ4v) is 2.99. The van der Waals surface area contributed by atoms with Crippen molar-refractivity contribution in [3.8, 4) is 17.2 Å². The highest BCUT2D eigenvalue weighted by Crippen LogP contribution is 2.38. The van der Waals surface area contributed by atoms with E-state index in [4.69, 9.17) is 25.8 Å². The van der Waals surface area contributed by atoms with E-state index in [0.29, 0.717) is 33.5 Å². The van der Waals surface area contributed by atoms with Crippen LogP contribution in [0.5, 0.6) is 17.2 Å². The van der Waals surface area contributed by atoms with Crippen molar-refractivity contribution in [1.82, 2.24) is 10.4 Å². The van der Waals surface area contributed by atoms with Crippen molar-refractivity contribution in [1.29, 1.82) is 0 Å². The van der Waals surface area contributed by atoms with Crippen LogP contribution in [0, 0.1) is 6.92 Å². The van der Waals surface area contributed by atoms with Gasteiger partial charge in [-0.25, -0.2) is 10.4 Å². The second kappa shape index (κ2) is 8.79. The van der Waals surface area contributed by atoms with Crippen LogP contribution in [-0.2, 0) is 0 Å². The zero-order valence-corrected chi connectivity index (χ0v) is 17.2. The van der Waals surface area contributed by atoms with Gasteiger partial charge in [0, 0.05) is 16.5 Å². The van der Waals surface area contributed by atoms with Gasteiger partial charge in [-0.3, -0.25) is 4.79 Å². The van der Waals surface area contributed by atoms with Gasteiger partial charge in [0.15, 0.2) is 11.5 Å². The minimum Gasteiger partial charge on any atom is -0.493 e. The number of rotatable bonds is 6. The van der Waals surface area contributed by atoms with Crippen molar-refractivity contribution in [3.63, 3.8) is 0 Å². The number of fused-ring (bicyclic) bond motifs is 1. The molecule has 0 radical (unpaired) electrons. The fraction of sp³-hybridized carbons (Fsp3) is 0.190. The van der Waals surface area contributed by atoms with Gasteiger partial charge in [-0.1, -0.05) is 23.7 Å². The molecule has 8 heteroatoms. The Hall–Kier alpha value is -3.32. The third-order valence-corrected chi connectivity index (χ3v) is 4.55. The Kier molecular flexibility index (Phi) is 6.19. The maximum absolute atomic E-state index is 12.5. The average molecular weight is 414 g/mol. The van der Waals surface area contributed by atoms with E-state index in [1.165, 1.54) is 27.5 Å². The number of amides is 1. The highest BCUT2D eigenvalue weighted by Gasteiger charge is 2.16. The molecular formula is C21H20ClN3O4. The van der Waals surface area contributed by atoms with Gasteiger partial charge in [0.25, 0.3) is 5.91 Å². The molecule has 3 aromatic rings. The summed E-state index contributed by atoms with van der Waals surface area (Å²) in [6, 6.07) is 10.8. The molecular weight excluding hydrogens is 394 g/mol. The molecule has 0 aliphatic heterocycles. The molecule has 2 aromatic carbocycles. The molecule has 1 amide bonds. The van der Waals surface area contributed by atoms with E-state index >= 15 is 0 Å². The van der Waals surface area contributed by atoms with E-state index in [-0.39, 0.29) is 0 Å². The second-order valence-electron chi connectivity index (χ2n) is 6.18. The molecule has 0 aliphatic rings. The zero-order valence-electron chi connectivity index (χ0n) is 16.4. The highest BCUT2D eigenvalue weighted by atomic mass is 35.5. The molecule has 29 heavy (non-hydrogen) atoms. The molecule has 150 valence electrons. The Morgan fingerprint density at radius 2 is 1.76 bits per heavy atom. The Balaban J connectivity index is 1.82. The Morgan fingerprint density at radius 1 is 1.07 bits per heavy atom. The molecule has 0 saturated carbocycles. The first-order valence-electron chi connectivity index (χ1n) is 8.67. The van der Waals surface area contributed by atoms with Crippen LogP contribution in [0.15, 0.2) is 41.5 Å². The molecule has 1 N–H and O–H groups in total. The minimum absolute atomic E-state index is 0.300. The van der Waals surface area contributed by atoms with Crippen molar-refractivity contribution < 1.29 is 19.0 Å². The van der Waals surface area contributed by atoms with Gasteiger partial charge in [-0.05, 0) is 36.8 Å². The van der Waals surface area contributed by atoms with Crippen LogP contribution < -0.4 is 19.6 Å². The third-order valence-electron chi connectivity index (χ3n) is 4.25. The monoisotopic (exact) mass is 413 g/mol. The van der Waals surface area contributed by atoms with Crippen LogP contribution in [0.1, 0.15) is 21.5 Å². The first-order valence-corrected chi connectivity index (χ1v) is 9.05. The molecule has 1 aromatic heterocycles. The van der Waals surface area contributed by atoms with E-state index in [1.807, 2.05) is 31.2 Å². The predicted molar refractivity (Wildman–Crippen MR) is 113 cm³/mol. The molecule has 0 unspecified atom stereocenters. The Bertz CT molecular complexity index is 1070. The third kappa shape index (κ3) is 4.41. The highest BCUT2D eigenvalue weighted by molar-refractivity contribution is 6.32. The normalized spacial score (nSPS) is 10.9. The summed E-state index contributed by atoms with van der Waals surface area (Å²) in [4.78, 5) is 16.9. The number of hydrogen-bond acceptors (Lipinski definition) is 6. The van der Waals surface area contributed by atoms with Gasteiger partial charge >= 0.3 is 0 Å². The topological polar surface area (TPSA) is 82.0 Å². The van der Waals surface area contributed by atoms with E-state index in [0.717, 1.165) is 16.5 Å². The molecule has 1 heterocycles. The number of aromatic nitrogens is 1. The summed E-state index contributed by atoms with van der Waals surface area (Å²) < 4.78 is 15.8. The lowest BCUT2D eigenvalue weighted by atomic mass is 10.1. The Labute approximate surface area is 173 Å². The van der Waals surface area contributed by atoms with Gasteiger partial charge < -0.3 is 14.2 Å². The van der Waals surface area contributed by atoms with Crippen LogP contribution in [0.3, 0.4) is 0 Å². The molecule has 0 saturated heterocycles. The van der Waals surface area contributed by atoms with E-state index in [2.05, 4.69) is 15.5 Å². The van der Waals surface area contributed by atoms with E-state index in [1.54, 1.807) is 12.1 Å². The van der Waals surface area contributed by atoms with Gasteiger partial charge in [0.05, 0.1) is 33.1 Å². The van der Waals surface area contributed by atoms with Crippen LogP contribution >= 0.6 is 11.6 Å². The average Bonchev–Trinajstić information content (AvgIpc) is 2.72. The number of hydrazone groups is 1. The molecule has 7 nitrogen and oxygen atoms in total. The number of halogens is 1. The molecule has 3 rings (SSSR count). The fourth-order valence-electron chi connectivity index (χ4n) is 2.80. The van der Waals surface area contributed by atoms with E-state index < -0.39 is 5.91 Å². The predicted octanol–water partition coefficient (Wildman–Crippen LogP) is 3.99. The molecule has 0 fully saturated rings. The van der Waals surface area contributed by atoms with Crippen LogP contribution in [0.4, 0.5) is 0 Å². The van der Waals surface area contributed by atoms with E-state index in [9.17, 15) is 4.79 Å². The zero-order chi connectivity index (χ0) is 21.0. The minimum atomic E-state index is -0.444. The molecule has 0 spiro atoms. The van der Waals surface area contributed by atoms with Gasteiger partial charge in [0.2, 0.25) is 5.75 Å². The largest absolute Gasteiger partial charge is 0.493 e. The number of pyridine rings is 1. The quantitative estimate of drug-likeness (QED) is 0.375.